The Morgan fingerprint density at radius 2 is 1.75 bits per heavy atom. The van der Waals surface area contributed by atoms with Crippen LogP contribution < -0.4 is 10.3 Å². The lowest BCUT2D eigenvalue weighted by atomic mass is 10.2. The van der Waals surface area contributed by atoms with Crippen LogP contribution in [0.3, 0.4) is 0 Å². The van der Waals surface area contributed by atoms with E-state index in [4.69, 9.17) is 17.0 Å². The van der Waals surface area contributed by atoms with E-state index < -0.39 is 5.97 Å². The molecule has 0 amide bonds. The first kappa shape index (κ1) is 17.8. The summed E-state index contributed by atoms with van der Waals surface area (Å²) in [6, 6.07) is 7.40. The zero-order valence-electron chi connectivity index (χ0n) is 13.9. The fourth-order valence-corrected chi connectivity index (χ4v) is 2.88. The molecule has 0 aliphatic carbocycles. The number of carbonyl (C=O) groups excluding carboxylic acids is 2. The average molecular weight is 346 g/mol. The van der Waals surface area contributed by atoms with Gasteiger partial charge in [-0.1, -0.05) is 0 Å². The van der Waals surface area contributed by atoms with Crippen LogP contribution in [0.15, 0.2) is 35.1 Å². The maximum Gasteiger partial charge on any atom is 0.308 e. The summed E-state index contributed by atoms with van der Waals surface area (Å²) in [5.41, 5.74) is 0.608. The van der Waals surface area contributed by atoms with Crippen molar-refractivity contribution in [1.29, 1.82) is 0 Å². The van der Waals surface area contributed by atoms with Gasteiger partial charge in [0.15, 0.2) is 4.77 Å². The van der Waals surface area contributed by atoms with Gasteiger partial charge in [-0.05, 0) is 57.3 Å². The molecule has 0 N–H and O–H groups in total. The third-order valence-electron chi connectivity index (χ3n) is 3.40. The molecule has 0 radical (unpaired) electrons. The molecule has 0 aliphatic rings. The molecule has 0 bridgehead atoms. The highest BCUT2D eigenvalue weighted by atomic mass is 32.1. The number of aryl methyl sites for hydroxylation is 1. The molecule has 2 aromatic rings. The van der Waals surface area contributed by atoms with Crippen molar-refractivity contribution in [2.45, 2.75) is 33.7 Å². The Balaban J connectivity index is 2.50. The van der Waals surface area contributed by atoms with E-state index in [0.717, 1.165) is 0 Å². The lowest BCUT2D eigenvalue weighted by Gasteiger charge is -2.16. The van der Waals surface area contributed by atoms with E-state index >= 15 is 0 Å². The topological polar surface area (TPSA) is 70.3 Å². The molecular weight excluding hydrogens is 328 g/mol. The van der Waals surface area contributed by atoms with Gasteiger partial charge in [0.1, 0.15) is 5.75 Å². The van der Waals surface area contributed by atoms with E-state index in [1.54, 1.807) is 19.1 Å². The van der Waals surface area contributed by atoms with E-state index in [-0.39, 0.29) is 22.3 Å². The Bertz CT molecular complexity index is 908. The minimum atomic E-state index is -0.434. The van der Waals surface area contributed by atoms with E-state index in [1.165, 1.54) is 34.3 Å². The zero-order chi connectivity index (χ0) is 18.0. The van der Waals surface area contributed by atoms with Gasteiger partial charge in [0.05, 0.1) is 0 Å². The van der Waals surface area contributed by atoms with E-state index in [9.17, 15) is 14.4 Å². The first-order chi connectivity index (χ1) is 11.2. The summed E-state index contributed by atoms with van der Waals surface area (Å²) in [6.07, 6.45) is 0. The molecule has 0 saturated carbocycles. The van der Waals surface area contributed by atoms with Crippen LogP contribution in [0.1, 0.15) is 42.9 Å². The molecule has 126 valence electrons. The van der Waals surface area contributed by atoms with E-state index in [1.807, 2.05) is 13.8 Å². The van der Waals surface area contributed by atoms with E-state index in [2.05, 4.69) is 0 Å². The Hall–Kier alpha value is -2.54. The summed E-state index contributed by atoms with van der Waals surface area (Å²) in [5.74, 6) is -0.427. The maximum absolute atomic E-state index is 12.8. The molecule has 0 saturated heterocycles. The van der Waals surface area contributed by atoms with Crippen molar-refractivity contribution in [3.8, 4) is 5.75 Å². The Morgan fingerprint density at radius 3 is 2.25 bits per heavy atom. The predicted octanol–water partition coefficient (Wildman–Crippen LogP) is 2.88. The summed E-state index contributed by atoms with van der Waals surface area (Å²) >= 11 is 5.34. The highest BCUT2D eigenvalue weighted by molar-refractivity contribution is 7.71. The van der Waals surface area contributed by atoms with Crippen molar-refractivity contribution in [2.24, 2.45) is 0 Å². The van der Waals surface area contributed by atoms with Gasteiger partial charge < -0.3 is 4.74 Å². The first-order valence-corrected chi connectivity index (χ1v) is 7.81. The number of hydrogen-bond acceptors (Lipinski definition) is 5. The number of carbonyl (C=O) groups is 2. The van der Waals surface area contributed by atoms with Gasteiger partial charge in [0, 0.05) is 30.3 Å². The first-order valence-electron chi connectivity index (χ1n) is 7.40. The normalized spacial score (nSPS) is 10.7. The third kappa shape index (κ3) is 3.51. The molecule has 2 rings (SSSR count). The van der Waals surface area contributed by atoms with E-state index in [0.29, 0.717) is 17.0 Å². The van der Waals surface area contributed by atoms with Crippen LogP contribution in [0.2, 0.25) is 0 Å². The van der Waals surface area contributed by atoms with Gasteiger partial charge in [-0.2, -0.15) is 0 Å². The summed E-state index contributed by atoms with van der Waals surface area (Å²) in [6.45, 7) is 6.62. The second kappa shape index (κ2) is 6.92. The largest absolute Gasteiger partial charge is 0.427 e. The van der Waals surface area contributed by atoms with Crippen LogP contribution in [0.25, 0.3) is 0 Å². The van der Waals surface area contributed by atoms with Crippen molar-refractivity contribution in [3.05, 3.63) is 56.7 Å². The van der Waals surface area contributed by atoms with Gasteiger partial charge in [-0.15, -0.1) is 0 Å². The summed E-state index contributed by atoms with van der Waals surface area (Å²) in [4.78, 5) is 35.8. The zero-order valence-corrected chi connectivity index (χ0v) is 14.7. The fraction of sp³-hybridized carbons (Fsp3) is 0.294. The maximum atomic E-state index is 12.8. The van der Waals surface area contributed by atoms with Crippen LogP contribution in [-0.4, -0.2) is 21.0 Å². The number of benzene rings is 1. The van der Waals surface area contributed by atoms with Crippen molar-refractivity contribution < 1.29 is 14.3 Å². The number of hydrogen-bond donors (Lipinski definition) is 0. The molecular formula is C17H18N2O4S. The SMILES string of the molecule is CC(=O)Oc1ccc(C(=O)n2c(C)cc(=O)n(C(C)C)c2=S)cc1. The van der Waals surface area contributed by atoms with Crippen LogP contribution in [-0.2, 0) is 4.79 Å². The summed E-state index contributed by atoms with van der Waals surface area (Å²) in [7, 11) is 0. The molecule has 0 spiro atoms. The Morgan fingerprint density at radius 1 is 1.17 bits per heavy atom. The molecule has 1 heterocycles. The van der Waals surface area contributed by atoms with Gasteiger partial charge in [0.25, 0.3) is 11.5 Å². The number of rotatable bonds is 3. The Kier molecular flexibility index (Phi) is 5.14. The molecule has 24 heavy (non-hydrogen) atoms. The molecule has 0 fully saturated rings. The molecule has 7 heteroatoms. The predicted molar refractivity (Wildman–Crippen MR) is 92.1 cm³/mol. The van der Waals surface area contributed by atoms with Gasteiger partial charge in [-0.3, -0.25) is 23.5 Å². The number of aromatic nitrogens is 2. The lowest BCUT2D eigenvalue weighted by molar-refractivity contribution is -0.131. The third-order valence-corrected chi connectivity index (χ3v) is 3.78. The van der Waals surface area contributed by atoms with Crippen LogP contribution in [0.4, 0.5) is 0 Å². The number of nitrogens with zero attached hydrogens (tertiary/aromatic N) is 2. The van der Waals surface area contributed by atoms with Gasteiger partial charge >= 0.3 is 5.97 Å². The molecule has 1 aromatic carbocycles. The lowest BCUT2D eigenvalue weighted by Crippen LogP contribution is -2.30. The van der Waals surface area contributed by atoms with Crippen molar-refractivity contribution >= 4 is 24.1 Å². The monoisotopic (exact) mass is 346 g/mol. The fourth-order valence-electron chi connectivity index (χ4n) is 2.35. The molecule has 6 nitrogen and oxygen atoms in total. The summed E-state index contributed by atoms with van der Waals surface area (Å²) < 4.78 is 7.83. The highest BCUT2D eigenvalue weighted by Gasteiger charge is 2.16. The van der Waals surface area contributed by atoms with Crippen molar-refractivity contribution in [2.75, 3.05) is 0 Å². The Labute approximate surface area is 144 Å². The van der Waals surface area contributed by atoms with Crippen molar-refractivity contribution in [3.63, 3.8) is 0 Å². The number of esters is 1. The van der Waals surface area contributed by atoms with Crippen molar-refractivity contribution in [1.82, 2.24) is 9.13 Å². The molecule has 0 atom stereocenters. The minimum absolute atomic E-state index is 0.156. The average Bonchev–Trinajstić information content (AvgIpc) is 2.46. The second-order valence-electron chi connectivity index (χ2n) is 5.63. The number of ether oxygens (including phenoxy) is 1. The van der Waals surface area contributed by atoms with Gasteiger partial charge in [-0.25, -0.2) is 0 Å². The standard InChI is InChI=1S/C17H18N2O4S/c1-10(2)18-15(21)9-11(3)19(17(18)24)16(22)13-5-7-14(8-6-13)23-12(4)20/h5-10H,1-4H3. The van der Waals surface area contributed by atoms with Crippen LogP contribution in [0, 0.1) is 11.7 Å². The smallest absolute Gasteiger partial charge is 0.308 e. The molecule has 0 aliphatic heterocycles. The summed E-state index contributed by atoms with van der Waals surface area (Å²) in [5, 5.41) is 0. The van der Waals surface area contributed by atoms with Gasteiger partial charge in [0.2, 0.25) is 0 Å². The molecule has 1 aromatic heterocycles. The quantitative estimate of drug-likeness (QED) is 0.485. The highest BCUT2D eigenvalue weighted by Crippen LogP contribution is 2.15. The second-order valence-corrected chi connectivity index (χ2v) is 5.99. The van der Waals surface area contributed by atoms with Crippen LogP contribution >= 0.6 is 12.2 Å². The minimum Gasteiger partial charge on any atom is -0.427 e. The molecule has 0 unspecified atom stereocenters. The van der Waals surface area contributed by atoms with Crippen LogP contribution in [0.5, 0.6) is 5.75 Å².